The minimum absolute atomic E-state index is 0.0441. The third-order valence-corrected chi connectivity index (χ3v) is 3.78. The summed E-state index contributed by atoms with van der Waals surface area (Å²) in [6.07, 6.45) is 3.26. The Morgan fingerprint density at radius 1 is 1.45 bits per heavy atom. The molecule has 3 nitrogen and oxygen atoms in total. The number of rotatable bonds is 5. The normalized spacial score (nSPS) is 12.2. The fourth-order valence-corrected chi connectivity index (χ4v) is 2.42. The van der Waals surface area contributed by atoms with Gasteiger partial charge >= 0.3 is 0 Å². The van der Waals surface area contributed by atoms with Crippen LogP contribution in [0.1, 0.15) is 29.5 Å². The minimum atomic E-state index is -0.164. The summed E-state index contributed by atoms with van der Waals surface area (Å²) >= 11 is 9.37. The second-order valence-electron chi connectivity index (χ2n) is 4.62. The summed E-state index contributed by atoms with van der Waals surface area (Å²) in [4.78, 5) is 12.1. The average molecular weight is 357 g/mol. The van der Waals surface area contributed by atoms with Crippen molar-refractivity contribution < 1.29 is 9.21 Å². The Balaban J connectivity index is 1.91. The van der Waals surface area contributed by atoms with Gasteiger partial charge in [0.05, 0.1) is 16.8 Å². The summed E-state index contributed by atoms with van der Waals surface area (Å²) in [5.41, 5.74) is 0.478. The van der Waals surface area contributed by atoms with Gasteiger partial charge in [0.25, 0.3) is 5.91 Å². The van der Waals surface area contributed by atoms with Gasteiger partial charge in [-0.15, -0.1) is 0 Å². The molecule has 5 heteroatoms. The standard InChI is InChI=1S/C15H15BrClNO2/c1-10(4-6-12-3-2-8-20-12)18-15(19)13-9-11(16)5-7-14(13)17/h2-3,5,7-10H,4,6H2,1H3,(H,18,19). The Morgan fingerprint density at radius 2 is 2.25 bits per heavy atom. The molecule has 0 saturated heterocycles. The number of halogens is 2. The fourth-order valence-electron chi connectivity index (χ4n) is 1.86. The van der Waals surface area contributed by atoms with Crippen molar-refractivity contribution in [2.75, 3.05) is 0 Å². The molecule has 20 heavy (non-hydrogen) atoms. The van der Waals surface area contributed by atoms with E-state index in [-0.39, 0.29) is 11.9 Å². The molecule has 0 aliphatic rings. The van der Waals surface area contributed by atoms with Crippen molar-refractivity contribution >= 4 is 33.4 Å². The molecular weight excluding hydrogens is 342 g/mol. The highest BCUT2D eigenvalue weighted by atomic mass is 79.9. The average Bonchev–Trinajstić information content (AvgIpc) is 2.92. The molecule has 2 aromatic rings. The Morgan fingerprint density at radius 3 is 2.95 bits per heavy atom. The molecular formula is C15H15BrClNO2. The summed E-state index contributed by atoms with van der Waals surface area (Å²) in [6.45, 7) is 1.97. The zero-order chi connectivity index (χ0) is 14.5. The number of carbonyl (C=O) groups excluding carboxylic acids is 1. The van der Waals surface area contributed by atoms with Crippen LogP contribution in [0.4, 0.5) is 0 Å². The van der Waals surface area contributed by atoms with Crippen molar-refractivity contribution in [2.24, 2.45) is 0 Å². The van der Waals surface area contributed by atoms with Gasteiger partial charge in [0.15, 0.2) is 0 Å². The van der Waals surface area contributed by atoms with E-state index in [1.54, 1.807) is 24.5 Å². The third-order valence-electron chi connectivity index (χ3n) is 2.95. The van der Waals surface area contributed by atoms with Crippen molar-refractivity contribution in [3.63, 3.8) is 0 Å². The monoisotopic (exact) mass is 355 g/mol. The molecule has 0 aliphatic carbocycles. The lowest BCUT2D eigenvalue weighted by Gasteiger charge is -2.14. The predicted octanol–water partition coefficient (Wildman–Crippen LogP) is 4.45. The van der Waals surface area contributed by atoms with Gasteiger partial charge < -0.3 is 9.73 Å². The third kappa shape index (κ3) is 4.12. The van der Waals surface area contributed by atoms with Gasteiger partial charge in [0.1, 0.15) is 5.76 Å². The topological polar surface area (TPSA) is 42.2 Å². The molecule has 1 unspecified atom stereocenters. The van der Waals surface area contributed by atoms with Crippen molar-refractivity contribution in [3.8, 4) is 0 Å². The molecule has 106 valence electrons. The van der Waals surface area contributed by atoms with E-state index in [2.05, 4.69) is 21.2 Å². The molecule has 0 radical (unpaired) electrons. The van der Waals surface area contributed by atoms with Crippen LogP contribution in [0.5, 0.6) is 0 Å². The number of aryl methyl sites for hydroxylation is 1. The molecule has 1 amide bonds. The molecule has 1 heterocycles. The lowest BCUT2D eigenvalue weighted by atomic mass is 10.1. The van der Waals surface area contributed by atoms with Gasteiger partial charge in [-0.3, -0.25) is 4.79 Å². The first-order chi connectivity index (χ1) is 9.56. The largest absolute Gasteiger partial charge is 0.469 e. The lowest BCUT2D eigenvalue weighted by molar-refractivity contribution is 0.0938. The lowest BCUT2D eigenvalue weighted by Crippen LogP contribution is -2.33. The predicted molar refractivity (Wildman–Crippen MR) is 83.1 cm³/mol. The number of benzene rings is 1. The van der Waals surface area contributed by atoms with Crippen LogP contribution < -0.4 is 5.32 Å². The van der Waals surface area contributed by atoms with Crippen LogP contribution in [-0.4, -0.2) is 11.9 Å². The quantitative estimate of drug-likeness (QED) is 0.860. The first-order valence-electron chi connectivity index (χ1n) is 6.34. The second-order valence-corrected chi connectivity index (χ2v) is 5.94. The number of carbonyl (C=O) groups is 1. The zero-order valence-electron chi connectivity index (χ0n) is 11.0. The number of furan rings is 1. The van der Waals surface area contributed by atoms with E-state index < -0.39 is 0 Å². The molecule has 1 N–H and O–H groups in total. The van der Waals surface area contributed by atoms with E-state index >= 15 is 0 Å². The van der Waals surface area contributed by atoms with E-state index in [1.165, 1.54) is 0 Å². The summed E-state index contributed by atoms with van der Waals surface area (Å²) in [5, 5.41) is 3.39. The highest BCUT2D eigenvalue weighted by molar-refractivity contribution is 9.10. The number of nitrogens with one attached hydrogen (secondary N) is 1. The van der Waals surface area contributed by atoms with E-state index in [1.807, 2.05) is 19.1 Å². The van der Waals surface area contributed by atoms with Crippen LogP contribution in [0.3, 0.4) is 0 Å². The molecule has 1 atom stereocenters. The second kappa shape index (κ2) is 6.95. The first-order valence-corrected chi connectivity index (χ1v) is 7.51. The van der Waals surface area contributed by atoms with Crippen molar-refractivity contribution in [1.82, 2.24) is 5.32 Å². The van der Waals surface area contributed by atoms with Gasteiger partial charge in [0, 0.05) is 16.9 Å². The van der Waals surface area contributed by atoms with Crippen LogP contribution in [0.2, 0.25) is 5.02 Å². The van der Waals surface area contributed by atoms with Gasteiger partial charge in [-0.25, -0.2) is 0 Å². The van der Waals surface area contributed by atoms with Gasteiger partial charge in [-0.05, 0) is 43.7 Å². The fraction of sp³-hybridized carbons (Fsp3) is 0.267. The zero-order valence-corrected chi connectivity index (χ0v) is 13.4. The van der Waals surface area contributed by atoms with E-state index in [9.17, 15) is 4.79 Å². The van der Waals surface area contributed by atoms with Crippen molar-refractivity contribution in [3.05, 3.63) is 57.4 Å². The Kier molecular flexibility index (Phi) is 5.26. The molecule has 1 aromatic heterocycles. The van der Waals surface area contributed by atoms with Crippen molar-refractivity contribution in [1.29, 1.82) is 0 Å². The van der Waals surface area contributed by atoms with Crippen LogP contribution in [-0.2, 0) is 6.42 Å². The molecule has 2 rings (SSSR count). The van der Waals surface area contributed by atoms with E-state index in [0.717, 1.165) is 23.1 Å². The Hall–Kier alpha value is -1.26. The van der Waals surface area contributed by atoms with Crippen LogP contribution in [0.25, 0.3) is 0 Å². The first kappa shape index (κ1) is 15.1. The highest BCUT2D eigenvalue weighted by Crippen LogP contribution is 2.21. The van der Waals surface area contributed by atoms with Crippen LogP contribution >= 0.6 is 27.5 Å². The summed E-state index contributed by atoms with van der Waals surface area (Å²) < 4.78 is 6.10. The summed E-state index contributed by atoms with van der Waals surface area (Å²) in [6, 6.07) is 9.06. The maximum Gasteiger partial charge on any atom is 0.253 e. The van der Waals surface area contributed by atoms with Gasteiger partial charge in [-0.2, -0.15) is 0 Å². The number of amides is 1. The SMILES string of the molecule is CC(CCc1ccco1)NC(=O)c1cc(Br)ccc1Cl. The molecule has 0 spiro atoms. The van der Waals surface area contributed by atoms with Crippen LogP contribution in [0.15, 0.2) is 45.5 Å². The van der Waals surface area contributed by atoms with Crippen LogP contribution in [0, 0.1) is 0 Å². The Labute approximate surface area is 131 Å². The van der Waals surface area contributed by atoms with E-state index in [0.29, 0.717) is 10.6 Å². The van der Waals surface area contributed by atoms with Crippen molar-refractivity contribution in [2.45, 2.75) is 25.8 Å². The maximum atomic E-state index is 12.1. The Bertz CT molecular complexity index is 584. The molecule has 0 aliphatic heterocycles. The van der Waals surface area contributed by atoms with Gasteiger partial charge in [0.2, 0.25) is 0 Å². The molecule has 0 bridgehead atoms. The molecule has 1 aromatic carbocycles. The minimum Gasteiger partial charge on any atom is -0.469 e. The molecule has 0 fully saturated rings. The number of hydrogen-bond donors (Lipinski definition) is 1. The smallest absolute Gasteiger partial charge is 0.253 e. The summed E-state index contributed by atoms with van der Waals surface area (Å²) in [5.74, 6) is 0.759. The van der Waals surface area contributed by atoms with E-state index in [4.69, 9.17) is 16.0 Å². The maximum absolute atomic E-state index is 12.1. The van der Waals surface area contributed by atoms with Gasteiger partial charge in [-0.1, -0.05) is 27.5 Å². The number of hydrogen-bond acceptors (Lipinski definition) is 2. The highest BCUT2D eigenvalue weighted by Gasteiger charge is 2.13. The molecule has 0 saturated carbocycles. The summed E-state index contributed by atoms with van der Waals surface area (Å²) in [7, 11) is 0.